The number of phenolic OH excluding ortho intramolecular Hbond substituents is 1. The third kappa shape index (κ3) is 2.67. The molecule has 0 fully saturated rings. The summed E-state index contributed by atoms with van der Waals surface area (Å²) in [6, 6.07) is 4.85. The molecule has 5 heteroatoms. The molecular weight excluding hydrogens is 226 g/mol. The van der Waals surface area contributed by atoms with E-state index in [0.29, 0.717) is 10.5 Å². The molecule has 16 heavy (non-hydrogen) atoms. The number of carbonyl (C=O) groups excluding carboxylic acids is 1. The van der Waals surface area contributed by atoms with Crippen LogP contribution >= 0.6 is 12.6 Å². The molecular formula is C11H11NO3S. The Hall–Kier alpha value is -1.67. The summed E-state index contributed by atoms with van der Waals surface area (Å²) in [5.41, 5.74) is 0.443. The second-order valence-electron chi connectivity index (χ2n) is 3.05. The summed E-state index contributed by atoms with van der Waals surface area (Å²) >= 11 is 4.12. The molecule has 0 saturated carbocycles. The maximum absolute atomic E-state index is 11.3. The zero-order valence-electron chi connectivity index (χ0n) is 8.73. The van der Waals surface area contributed by atoms with Gasteiger partial charge in [-0.15, -0.1) is 12.6 Å². The van der Waals surface area contributed by atoms with Crippen LogP contribution in [0, 0.1) is 11.3 Å². The number of esters is 1. The van der Waals surface area contributed by atoms with Gasteiger partial charge in [-0.05, 0) is 19.1 Å². The van der Waals surface area contributed by atoms with Crippen molar-refractivity contribution in [1.82, 2.24) is 0 Å². The first-order valence-electron chi connectivity index (χ1n) is 4.69. The fourth-order valence-electron chi connectivity index (χ4n) is 1.25. The van der Waals surface area contributed by atoms with Crippen LogP contribution in [0.4, 0.5) is 0 Å². The Kier molecular flexibility index (Phi) is 4.20. The van der Waals surface area contributed by atoms with Gasteiger partial charge in [-0.25, -0.2) is 0 Å². The van der Waals surface area contributed by atoms with Gasteiger partial charge >= 0.3 is 5.97 Å². The number of hydrogen-bond acceptors (Lipinski definition) is 5. The third-order valence-corrected chi connectivity index (χ3v) is 2.42. The zero-order valence-corrected chi connectivity index (χ0v) is 9.62. The van der Waals surface area contributed by atoms with Crippen molar-refractivity contribution in [2.45, 2.75) is 18.2 Å². The number of benzene rings is 1. The van der Waals surface area contributed by atoms with E-state index in [0.717, 1.165) is 0 Å². The van der Waals surface area contributed by atoms with Crippen LogP contribution in [0.3, 0.4) is 0 Å². The predicted octanol–water partition coefficient (Wildman–Crippen LogP) is 1.66. The number of thiol groups is 1. The van der Waals surface area contributed by atoms with Crippen molar-refractivity contribution in [3.05, 3.63) is 23.3 Å². The first kappa shape index (κ1) is 12.4. The summed E-state index contributed by atoms with van der Waals surface area (Å²) in [5, 5.41) is 18.4. The number of phenols is 1. The maximum atomic E-state index is 11.3. The van der Waals surface area contributed by atoms with Crippen LogP contribution in [0.1, 0.15) is 18.1 Å². The zero-order chi connectivity index (χ0) is 12.1. The lowest BCUT2D eigenvalue weighted by atomic mass is 10.1. The molecule has 4 nitrogen and oxygen atoms in total. The Morgan fingerprint density at radius 1 is 1.62 bits per heavy atom. The smallest absolute Gasteiger partial charge is 0.310 e. The minimum atomic E-state index is -0.455. The van der Waals surface area contributed by atoms with Crippen LogP contribution in [-0.2, 0) is 16.0 Å². The highest BCUT2D eigenvalue weighted by Crippen LogP contribution is 2.28. The van der Waals surface area contributed by atoms with E-state index in [1.807, 2.05) is 6.07 Å². The van der Waals surface area contributed by atoms with E-state index < -0.39 is 5.97 Å². The summed E-state index contributed by atoms with van der Waals surface area (Å²) in [6.07, 6.45) is -0.0893. The molecule has 0 aromatic heterocycles. The molecule has 0 aliphatic carbocycles. The van der Waals surface area contributed by atoms with E-state index in [2.05, 4.69) is 12.6 Å². The summed E-state index contributed by atoms with van der Waals surface area (Å²) in [7, 11) is 0. The Labute approximate surface area is 98.9 Å². The molecule has 1 aromatic rings. The van der Waals surface area contributed by atoms with E-state index in [1.54, 1.807) is 13.0 Å². The van der Waals surface area contributed by atoms with E-state index >= 15 is 0 Å². The molecule has 1 N–H and O–H groups in total. The standard InChI is InChI=1S/C11H11NO3S/c1-2-15-10(13)5-8-9(16)4-3-7(6-12)11(8)14/h3-4,14,16H,2,5H2,1H3. The fourth-order valence-corrected chi connectivity index (χ4v) is 1.51. The minimum Gasteiger partial charge on any atom is -0.506 e. The van der Waals surface area contributed by atoms with Crippen LogP contribution in [-0.4, -0.2) is 17.7 Å². The molecule has 0 aliphatic rings. The van der Waals surface area contributed by atoms with Crippen molar-refractivity contribution in [3.63, 3.8) is 0 Å². The van der Waals surface area contributed by atoms with Crippen molar-refractivity contribution in [1.29, 1.82) is 5.26 Å². The molecule has 0 bridgehead atoms. The largest absolute Gasteiger partial charge is 0.506 e. The molecule has 84 valence electrons. The lowest BCUT2D eigenvalue weighted by molar-refractivity contribution is -0.142. The maximum Gasteiger partial charge on any atom is 0.310 e. The van der Waals surface area contributed by atoms with Crippen LogP contribution in [0.15, 0.2) is 17.0 Å². The summed E-state index contributed by atoms with van der Waals surface area (Å²) < 4.78 is 4.76. The molecule has 0 saturated heterocycles. The highest BCUT2D eigenvalue weighted by Gasteiger charge is 2.14. The van der Waals surface area contributed by atoms with Crippen molar-refractivity contribution in [3.8, 4) is 11.8 Å². The molecule has 0 amide bonds. The normalized spacial score (nSPS) is 9.56. The molecule has 0 atom stereocenters. The molecule has 1 rings (SSSR count). The summed E-state index contributed by atoms with van der Waals surface area (Å²) in [4.78, 5) is 11.7. The topological polar surface area (TPSA) is 70.3 Å². The Balaban J connectivity index is 3.04. The molecule has 0 aliphatic heterocycles. The summed E-state index contributed by atoms with van der Waals surface area (Å²) in [5.74, 6) is -0.661. The number of aromatic hydroxyl groups is 1. The van der Waals surface area contributed by atoms with Crippen molar-refractivity contribution >= 4 is 18.6 Å². The van der Waals surface area contributed by atoms with Crippen molar-refractivity contribution < 1.29 is 14.6 Å². The van der Waals surface area contributed by atoms with Crippen LogP contribution in [0.2, 0.25) is 0 Å². The van der Waals surface area contributed by atoms with Gasteiger partial charge in [0.15, 0.2) is 0 Å². The van der Waals surface area contributed by atoms with Gasteiger partial charge < -0.3 is 9.84 Å². The Morgan fingerprint density at radius 3 is 2.88 bits per heavy atom. The number of hydrogen-bond donors (Lipinski definition) is 2. The number of ether oxygens (including phenoxy) is 1. The summed E-state index contributed by atoms with van der Waals surface area (Å²) in [6.45, 7) is 1.98. The first-order chi connectivity index (χ1) is 7.60. The van der Waals surface area contributed by atoms with Gasteiger partial charge in [-0.1, -0.05) is 0 Å². The van der Waals surface area contributed by atoms with Gasteiger partial charge in [-0.3, -0.25) is 4.79 Å². The van der Waals surface area contributed by atoms with Gasteiger partial charge in [-0.2, -0.15) is 5.26 Å². The average molecular weight is 237 g/mol. The number of rotatable bonds is 3. The van der Waals surface area contributed by atoms with Crippen LogP contribution < -0.4 is 0 Å². The van der Waals surface area contributed by atoms with Crippen molar-refractivity contribution in [2.24, 2.45) is 0 Å². The number of carbonyl (C=O) groups is 1. The molecule has 0 radical (unpaired) electrons. The van der Waals surface area contributed by atoms with Crippen LogP contribution in [0.25, 0.3) is 0 Å². The van der Waals surface area contributed by atoms with Gasteiger partial charge in [0.05, 0.1) is 18.6 Å². The number of nitriles is 1. The monoisotopic (exact) mass is 237 g/mol. The molecule has 1 aromatic carbocycles. The minimum absolute atomic E-state index is 0.0893. The first-order valence-corrected chi connectivity index (χ1v) is 5.14. The Bertz CT molecular complexity index is 451. The lowest BCUT2D eigenvalue weighted by Crippen LogP contribution is -2.08. The fraction of sp³-hybridized carbons (Fsp3) is 0.273. The van der Waals surface area contributed by atoms with Gasteiger partial charge in [0.25, 0.3) is 0 Å². The van der Waals surface area contributed by atoms with Gasteiger partial charge in [0, 0.05) is 10.5 Å². The van der Waals surface area contributed by atoms with Crippen LogP contribution in [0.5, 0.6) is 5.75 Å². The van der Waals surface area contributed by atoms with E-state index in [4.69, 9.17) is 10.00 Å². The highest BCUT2D eigenvalue weighted by molar-refractivity contribution is 7.80. The van der Waals surface area contributed by atoms with E-state index in [-0.39, 0.29) is 24.3 Å². The molecule has 0 heterocycles. The SMILES string of the molecule is CCOC(=O)Cc1c(S)ccc(C#N)c1O. The number of nitrogens with zero attached hydrogens (tertiary/aromatic N) is 1. The quantitative estimate of drug-likeness (QED) is 0.619. The molecule has 0 spiro atoms. The second kappa shape index (κ2) is 5.42. The van der Waals surface area contributed by atoms with E-state index in [9.17, 15) is 9.90 Å². The highest BCUT2D eigenvalue weighted by atomic mass is 32.1. The van der Waals surface area contributed by atoms with Crippen molar-refractivity contribution in [2.75, 3.05) is 6.61 Å². The second-order valence-corrected chi connectivity index (χ2v) is 3.53. The predicted molar refractivity (Wildman–Crippen MR) is 60.4 cm³/mol. The van der Waals surface area contributed by atoms with E-state index in [1.165, 1.54) is 6.07 Å². The van der Waals surface area contributed by atoms with Gasteiger partial charge in [0.1, 0.15) is 11.8 Å². The lowest BCUT2D eigenvalue weighted by Gasteiger charge is -2.08. The average Bonchev–Trinajstić information content (AvgIpc) is 2.25. The Morgan fingerprint density at radius 2 is 2.31 bits per heavy atom. The third-order valence-electron chi connectivity index (χ3n) is 2.00. The molecule has 0 unspecified atom stereocenters. The van der Waals surface area contributed by atoms with Gasteiger partial charge in [0.2, 0.25) is 0 Å².